The number of benzene rings is 5. The molecule has 2 aromatic heterocycles. The number of nitrogens with zero attached hydrogens (tertiary/aromatic N) is 2. The Morgan fingerprint density at radius 3 is 1.08 bits per heavy atom. The van der Waals surface area contributed by atoms with Crippen molar-refractivity contribution in [3.63, 3.8) is 0 Å². The van der Waals surface area contributed by atoms with Crippen molar-refractivity contribution in [2.45, 2.75) is 50.6 Å². The maximum atomic E-state index is 12.8. The van der Waals surface area contributed by atoms with Gasteiger partial charge in [-0.2, -0.15) is 0 Å². The molecule has 0 fully saturated rings. The normalized spacial score (nSPS) is 10.9. The number of carbonyl (C=O) groups excluding carboxylic acids is 2. The van der Waals surface area contributed by atoms with Gasteiger partial charge in [-0.1, -0.05) is 59.7 Å². The van der Waals surface area contributed by atoms with Gasteiger partial charge in [-0.05, 0) is 124 Å². The molecule has 2 heterocycles. The van der Waals surface area contributed by atoms with Crippen LogP contribution in [-0.2, 0) is 33.3 Å². The Balaban J connectivity index is 0.000000267. The van der Waals surface area contributed by atoms with Crippen LogP contribution in [0.3, 0.4) is 0 Å². The predicted molar refractivity (Wildman–Crippen MR) is 236 cm³/mol. The molecule has 5 aromatic carbocycles. The number of hydrogen-bond donors (Lipinski definition) is 2. The first-order valence-electron chi connectivity index (χ1n) is 19.5. The minimum absolute atomic E-state index is 0.178. The Hall–Kier alpha value is -6.84. The fourth-order valence-corrected chi connectivity index (χ4v) is 6.80. The fourth-order valence-electron chi connectivity index (χ4n) is 5.86. The second-order valence-corrected chi connectivity index (χ2v) is 16.8. The summed E-state index contributed by atoms with van der Waals surface area (Å²) in [5.74, 6) is -0.465. The van der Waals surface area contributed by atoms with Crippen LogP contribution in [0.15, 0.2) is 180 Å². The summed E-state index contributed by atoms with van der Waals surface area (Å²) in [6.45, 7) is 9.66. The standard InChI is InChI=1S/C34H30N4O2.2C7H8O3S/c1-3-37-21-5-7-29(23-37)25-13-17-31(18-14-25)35-33(39)27-9-11-28(12-10-27)34(40)36-32-19-15-26(16-20-32)30-8-6-22-38(4-2)24-30;2*1-6-2-4-7(5-3-6)11(8,9)10/h5-24H,3-4H2,1-2H3;2*2-5H,1H3,(H,8,9,10). The van der Waals surface area contributed by atoms with Gasteiger partial charge in [0, 0.05) is 45.8 Å². The molecule has 318 valence electrons. The molecule has 62 heavy (non-hydrogen) atoms. The highest BCUT2D eigenvalue weighted by Crippen LogP contribution is 2.22. The molecule has 0 saturated heterocycles. The van der Waals surface area contributed by atoms with E-state index in [9.17, 15) is 35.5 Å². The smallest absolute Gasteiger partial charge is 0.255 e. The lowest BCUT2D eigenvalue weighted by Gasteiger charge is -2.09. The molecule has 7 rings (SSSR count). The third kappa shape index (κ3) is 13.6. The molecule has 0 atom stereocenters. The average molecular weight is 871 g/mol. The predicted octanol–water partition coefficient (Wildman–Crippen LogP) is 7.94. The van der Waals surface area contributed by atoms with E-state index in [0.717, 1.165) is 46.5 Å². The second-order valence-electron chi connectivity index (χ2n) is 14.0. The van der Waals surface area contributed by atoms with E-state index >= 15 is 0 Å². The molecule has 14 heteroatoms. The zero-order valence-electron chi connectivity index (χ0n) is 34.6. The minimum Gasteiger partial charge on any atom is -0.744 e. The van der Waals surface area contributed by atoms with Crippen LogP contribution in [0.1, 0.15) is 45.7 Å². The van der Waals surface area contributed by atoms with Crippen molar-refractivity contribution in [1.82, 2.24) is 0 Å². The zero-order valence-corrected chi connectivity index (χ0v) is 36.2. The summed E-state index contributed by atoms with van der Waals surface area (Å²) in [6.07, 6.45) is 8.28. The maximum absolute atomic E-state index is 12.8. The van der Waals surface area contributed by atoms with E-state index in [1.54, 1.807) is 48.5 Å². The van der Waals surface area contributed by atoms with E-state index in [4.69, 9.17) is 0 Å². The van der Waals surface area contributed by atoms with Crippen LogP contribution in [0.2, 0.25) is 0 Å². The van der Waals surface area contributed by atoms with E-state index in [2.05, 4.69) is 58.1 Å². The van der Waals surface area contributed by atoms with E-state index in [-0.39, 0.29) is 21.6 Å². The van der Waals surface area contributed by atoms with E-state index in [1.165, 1.54) is 24.3 Å². The van der Waals surface area contributed by atoms with Gasteiger partial charge in [-0.25, -0.2) is 26.0 Å². The molecule has 0 radical (unpaired) electrons. The largest absolute Gasteiger partial charge is 0.744 e. The Kier molecular flexibility index (Phi) is 15.7. The first kappa shape index (κ1) is 46.2. The quantitative estimate of drug-likeness (QED) is 0.103. The highest BCUT2D eigenvalue weighted by Gasteiger charge is 2.12. The van der Waals surface area contributed by atoms with Gasteiger partial charge in [-0.3, -0.25) is 9.59 Å². The molecule has 2 N–H and O–H groups in total. The number of aromatic nitrogens is 2. The second kappa shape index (κ2) is 21.1. The third-order valence-electron chi connectivity index (χ3n) is 9.43. The number of anilines is 2. The lowest BCUT2D eigenvalue weighted by atomic mass is 10.1. The van der Waals surface area contributed by atoms with Crippen molar-refractivity contribution >= 4 is 43.4 Å². The summed E-state index contributed by atoms with van der Waals surface area (Å²) in [4.78, 5) is 25.2. The number of hydrogen-bond acceptors (Lipinski definition) is 8. The van der Waals surface area contributed by atoms with Gasteiger partial charge in [0.1, 0.15) is 33.3 Å². The van der Waals surface area contributed by atoms with Gasteiger partial charge in [0.15, 0.2) is 24.8 Å². The van der Waals surface area contributed by atoms with E-state index < -0.39 is 20.2 Å². The van der Waals surface area contributed by atoms with Gasteiger partial charge >= 0.3 is 0 Å². The van der Waals surface area contributed by atoms with Crippen LogP contribution in [0.4, 0.5) is 11.4 Å². The summed E-state index contributed by atoms with van der Waals surface area (Å²) in [6, 6.07) is 41.9. The monoisotopic (exact) mass is 870 g/mol. The Morgan fingerprint density at radius 2 is 0.790 bits per heavy atom. The number of nitrogens with one attached hydrogen (secondary N) is 2. The van der Waals surface area contributed by atoms with Crippen LogP contribution in [0.25, 0.3) is 22.3 Å². The van der Waals surface area contributed by atoms with Crippen molar-refractivity contribution in [2.24, 2.45) is 0 Å². The topological polar surface area (TPSA) is 180 Å². The van der Waals surface area contributed by atoms with Gasteiger partial charge in [-0.15, -0.1) is 0 Å². The summed E-state index contributed by atoms with van der Waals surface area (Å²) in [5, 5.41) is 5.86. The molecule has 2 amide bonds. The highest BCUT2D eigenvalue weighted by atomic mass is 32.2. The molecular formula is C48H46N4O8S2. The third-order valence-corrected chi connectivity index (χ3v) is 11.1. The SMILES string of the molecule is CC[n+]1cccc(-c2ccc(NC(=O)c3ccc(C(=O)Nc4ccc(-c5ccc[n+](CC)c5)cc4)cc3)cc2)c1.Cc1ccc(S(=O)(=O)[O-])cc1.Cc1ccc(S(=O)(=O)[O-])cc1. The molecule has 12 nitrogen and oxygen atoms in total. The number of pyridine rings is 2. The Morgan fingerprint density at radius 1 is 0.468 bits per heavy atom. The lowest BCUT2D eigenvalue weighted by molar-refractivity contribution is -0.693. The molecule has 0 bridgehead atoms. The average Bonchev–Trinajstić information content (AvgIpc) is 3.27. The van der Waals surface area contributed by atoms with Crippen molar-refractivity contribution < 1.29 is 44.7 Å². The fraction of sp³-hybridized carbons (Fsp3) is 0.125. The van der Waals surface area contributed by atoms with Crippen molar-refractivity contribution in [1.29, 1.82) is 0 Å². The molecule has 0 unspecified atom stereocenters. The molecule has 7 aromatic rings. The Bertz CT molecular complexity index is 2640. The van der Waals surface area contributed by atoms with Crippen molar-refractivity contribution in [3.8, 4) is 22.3 Å². The van der Waals surface area contributed by atoms with Crippen LogP contribution in [0, 0.1) is 13.8 Å². The van der Waals surface area contributed by atoms with Crippen LogP contribution >= 0.6 is 0 Å². The number of aryl methyl sites for hydroxylation is 4. The summed E-state index contributed by atoms with van der Waals surface area (Å²) >= 11 is 0. The molecule has 0 aliphatic rings. The van der Waals surface area contributed by atoms with Gasteiger partial charge in [0.2, 0.25) is 0 Å². The molecule has 0 saturated carbocycles. The highest BCUT2D eigenvalue weighted by molar-refractivity contribution is 7.86. The summed E-state index contributed by atoms with van der Waals surface area (Å²) < 4.78 is 66.6. The van der Waals surface area contributed by atoms with Crippen LogP contribution in [0.5, 0.6) is 0 Å². The molecule has 0 aliphatic heterocycles. The van der Waals surface area contributed by atoms with E-state index in [1.807, 2.05) is 86.9 Å². The summed E-state index contributed by atoms with van der Waals surface area (Å²) in [7, 11) is -8.54. The van der Waals surface area contributed by atoms with Crippen molar-refractivity contribution in [3.05, 3.63) is 193 Å². The van der Waals surface area contributed by atoms with Gasteiger partial charge in [0.25, 0.3) is 11.8 Å². The first-order chi connectivity index (χ1) is 29.5. The van der Waals surface area contributed by atoms with Gasteiger partial charge < -0.3 is 19.7 Å². The number of carbonyl (C=O) groups is 2. The minimum atomic E-state index is -4.27. The van der Waals surface area contributed by atoms with E-state index in [0.29, 0.717) is 22.5 Å². The maximum Gasteiger partial charge on any atom is 0.255 e. The van der Waals surface area contributed by atoms with Gasteiger partial charge in [0.05, 0.1) is 9.79 Å². The molecular weight excluding hydrogens is 825 g/mol. The summed E-state index contributed by atoms with van der Waals surface area (Å²) in [5.41, 5.74) is 8.62. The zero-order chi connectivity index (χ0) is 44.9. The lowest BCUT2D eigenvalue weighted by Crippen LogP contribution is -2.30. The Labute approximate surface area is 362 Å². The van der Waals surface area contributed by atoms with Crippen LogP contribution < -0.4 is 19.8 Å². The molecule has 0 spiro atoms. The van der Waals surface area contributed by atoms with Crippen molar-refractivity contribution in [2.75, 3.05) is 10.6 Å². The number of rotatable bonds is 10. The first-order valence-corrected chi connectivity index (χ1v) is 22.3. The molecule has 0 aliphatic carbocycles. The number of amides is 2. The van der Waals surface area contributed by atoms with Crippen LogP contribution in [-0.4, -0.2) is 37.8 Å².